The van der Waals surface area contributed by atoms with Crippen LogP contribution in [0.3, 0.4) is 0 Å². The second kappa shape index (κ2) is 3.45. The van der Waals surface area contributed by atoms with Gasteiger partial charge in [-0.15, -0.1) is 0 Å². The summed E-state index contributed by atoms with van der Waals surface area (Å²) >= 11 is 0. The number of aryl methyl sites for hydroxylation is 1. The van der Waals surface area contributed by atoms with E-state index in [-0.39, 0.29) is 0 Å². The highest BCUT2D eigenvalue weighted by Crippen LogP contribution is 2.39. The van der Waals surface area contributed by atoms with Crippen LogP contribution < -0.4 is 0 Å². The number of hydrogen-bond acceptors (Lipinski definition) is 3. The number of benzene rings is 1. The molecular formula is C14H13N3O. The van der Waals surface area contributed by atoms with Gasteiger partial charge in [0, 0.05) is 35.6 Å². The number of aromatic nitrogens is 3. The second-order valence-electron chi connectivity index (χ2n) is 4.90. The molecule has 0 aliphatic heterocycles. The zero-order chi connectivity index (χ0) is 12.1. The highest BCUT2D eigenvalue weighted by atomic mass is 16.5. The van der Waals surface area contributed by atoms with Crippen LogP contribution in [-0.4, -0.2) is 14.7 Å². The standard InChI is InChI=1S/C14H13N3O/c1-17-8-7-10-11(3-2-4-12(10)17)14-15-13(16-18-14)9-5-6-9/h2-4,7-9H,5-6H2,1H3. The Kier molecular flexibility index (Phi) is 1.89. The van der Waals surface area contributed by atoms with Gasteiger partial charge in [0.05, 0.1) is 0 Å². The molecule has 1 fully saturated rings. The predicted octanol–water partition coefficient (Wildman–Crippen LogP) is 3.11. The topological polar surface area (TPSA) is 43.9 Å². The van der Waals surface area contributed by atoms with Crippen LogP contribution in [-0.2, 0) is 7.05 Å². The Balaban J connectivity index is 1.89. The fourth-order valence-electron chi connectivity index (χ4n) is 2.34. The zero-order valence-corrected chi connectivity index (χ0v) is 10.1. The van der Waals surface area contributed by atoms with Crippen molar-refractivity contribution in [3.8, 4) is 11.5 Å². The van der Waals surface area contributed by atoms with Crippen molar-refractivity contribution < 1.29 is 4.52 Å². The van der Waals surface area contributed by atoms with Gasteiger partial charge in [-0.3, -0.25) is 0 Å². The molecule has 4 rings (SSSR count). The molecule has 0 radical (unpaired) electrons. The predicted molar refractivity (Wildman–Crippen MR) is 68.2 cm³/mol. The average molecular weight is 239 g/mol. The van der Waals surface area contributed by atoms with Gasteiger partial charge in [-0.2, -0.15) is 4.98 Å². The van der Waals surface area contributed by atoms with E-state index in [4.69, 9.17) is 4.52 Å². The van der Waals surface area contributed by atoms with E-state index in [1.807, 2.05) is 25.4 Å². The van der Waals surface area contributed by atoms with E-state index in [1.165, 1.54) is 18.4 Å². The van der Waals surface area contributed by atoms with Gasteiger partial charge < -0.3 is 9.09 Å². The highest BCUT2D eigenvalue weighted by Gasteiger charge is 2.29. The number of fused-ring (bicyclic) bond motifs is 1. The molecule has 90 valence electrons. The molecular weight excluding hydrogens is 226 g/mol. The molecule has 0 amide bonds. The molecule has 1 aromatic carbocycles. The molecule has 0 spiro atoms. The van der Waals surface area contributed by atoms with Crippen LogP contribution in [0.1, 0.15) is 24.6 Å². The van der Waals surface area contributed by atoms with Gasteiger partial charge in [-0.25, -0.2) is 0 Å². The Bertz CT molecular complexity index is 722. The molecule has 0 N–H and O–H groups in total. The van der Waals surface area contributed by atoms with Crippen molar-refractivity contribution in [2.45, 2.75) is 18.8 Å². The summed E-state index contributed by atoms with van der Waals surface area (Å²) in [6.45, 7) is 0. The molecule has 4 nitrogen and oxygen atoms in total. The third-order valence-corrected chi connectivity index (χ3v) is 3.54. The van der Waals surface area contributed by atoms with Crippen molar-refractivity contribution in [2.24, 2.45) is 7.05 Å². The van der Waals surface area contributed by atoms with E-state index in [0.717, 1.165) is 16.8 Å². The lowest BCUT2D eigenvalue weighted by molar-refractivity contribution is 0.423. The molecule has 4 heteroatoms. The van der Waals surface area contributed by atoms with Gasteiger partial charge in [-0.05, 0) is 31.0 Å². The van der Waals surface area contributed by atoms with E-state index in [2.05, 4.69) is 26.8 Å². The van der Waals surface area contributed by atoms with Crippen molar-refractivity contribution in [1.29, 1.82) is 0 Å². The normalized spacial score (nSPS) is 15.4. The Morgan fingerprint density at radius 1 is 1.28 bits per heavy atom. The molecule has 18 heavy (non-hydrogen) atoms. The third kappa shape index (κ3) is 1.38. The smallest absolute Gasteiger partial charge is 0.258 e. The van der Waals surface area contributed by atoms with Crippen LogP contribution in [0, 0.1) is 0 Å². The lowest BCUT2D eigenvalue weighted by atomic mass is 10.1. The van der Waals surface area contributed by atoms with Crippen LogP contribution in [0.2, 0.25) is 0 Å². The molecule has 1 aliphatic carbocycles. The first kappa shape index (κ1) is 9.88. The first-order valence-electron chi connectivity index (χ1n) is 6.21. The van der Waals surface area contributed by atoms with E-state index in [1.54, 1.807) is 0 Å². The molecule has 0 atom stereocenters. The molecule has 3 aromatic rings. The first-order chi connectivity index (χ1) is 8.83. The Morgan fingerprint density at radius 2 is 2.17 bits per heavy atom. The summed E-state index contributed by atoms with van der Waals surface area (Å²) < 4.78 is 7.49. The lowest BCUT2D eigenvalue weighted by Gasteiger charge is -1.99. The average Bonchev–Trinajstić information content (AvgIpc) is 3.01. The fourth-order valence-corrected chi connectivity index (χ4v) is 2.34. The fraction of sp³-hybridized carbons (Fsp3) is 0.286. The lowest BCUT2D eigenvalue weighted by Crippen LogP contribution is -1.85. The summed E-state index contributed by atoms with van der Waals surface area (Å²) in [5.74, 6) is 2.02. The molecule has 1 aliphatic rings. The van der Waals surface area contributed by atoms with Crippen molar-refractivity contribution >= 4 is 10.9 Å². The van der Waals surface area contributed by atoms with Gasteiger partial charge in [0.1, 0.15) is 0 Å². The maximum absolute atomic E-state index is 5.40. The van der Waals surface area contributed by atoms with Crippen LogP contribution in [0.15, 0.2) is 35.0 Å². The summed E-state index contributed by atoms with van der Waals surface area (Å²) in [5, 5.41) is 5.23. The van der Waals surface area contributed by atoms with Crippen LogP contribution in [0.4, 0.5) is 0 Å². The molecule has 2 heterocycles. The molecule has 1 saturated carbocycles. The van der Waals surface area contributed by atoms with Crippen molar-refractivity contribution in [3.05, 3.63) is 36.3 Å². The largest absolute Gasteiger partial charge is 0.351 e. The Labute approximate surface area is 104 Å². The van der Waals surface area contributed by atoms with Crippen molar-refractivity contribution in [2.75, 3.05) is 0 Å². The van der Waals surface area contributed by atoms with Gasteiger partial charge in [0.25, 0.3) is 5.89 Å². The van der Waals surface area contributed by atoms with Crippen LogP contribution >= 0.6 is 0 Å². The molecule has 0 saturated heterocycles. The quantitative estimate of drug-likeness (QED) is 0.690. The first-order valence-corrected chi connectivity index (χ1v) is 6.21. The minimum absolute atomic E-state index is 0.525. The van der Waals surface area contributed by atoms with E-state index in [0.29, 0.717) is 11.8 Å². The number of hydrogen-bond donors (Lipinski definition) is 0. The summed E-state index contributed by atoms with van der Waals surface area (Å²) in [6, 6.07) is 8.24. The van der Waals surface area contributed by atoms with Gasteiger partial charge in [-0.1, -0.05) is 11.2 Å². The zero-order valence-electron chi connectivity index (χ0n) is 10.1. The number of nitrogens with zero attached hydrogens (tertiary/aromatic N) is 3. The molecule has 0 unspecified atom stereocenters. The summed E-state index contributed by atoms with van der Waals surface area (Å²) in [4.78, 5) is 4.51. The van der Waals surface area contributed by atoms with Gasteiger partial charge in [0.15, 0.2) is 5.82 Å². The van der Waals surface area contributed by atoms with Crippen molar-refractivity contribution in [1.82, 2.24) is 14.7 Å². The van der Waals surface area contributed by atoms with E-state index in [9.17, 15) is 0 Å². The van der Waals surface area contributed by atoms with Gasteiger partial charge in [0.2, 0.25) is 0 Å². The SMILES string of the molecule is Cn1ccc2c(-c3nc(C4CC4)no3)cccc21. The van der Waals surface area contributed by atoms with Crippen molar-refractivity contribution in [3.63, 3.8) is 0 Å². The van der Waals surface area contributed by atoms with Gasteiger partial charge >= 0.3 is 0 Å². The maximum Gasteiger partial charge on any atom is 0.258 e. The number of rotatable bonds is 2. The second-order valence-corrected chi connectivity index (χ2v) is 4.90. The summed E-state index contributed by atoms with van der Waals surface area (Å²) in [6.07, 6.45) is 4.43. The van der Waals surface area contributed by atoms with E-state index >= 15 is 0 Å². The minimum atomic E-state index is 0.525. The van der Waals surface area contributed by atoms with Crippen LogP contribution in [0.25, 0.3) is 22.4 Å². The third-order valence-electron chi connectivity index (χ3n) is 3.54. The summed E-state index contributed by atoms with van der Waals surface area (Å²) in [5.41, 5.74) is 2.20. The van der Waals surface area contributed by atoms with Crippen LogP contribution in [0.5, 0.6) is 0 Å². The highest BCUT2D eigenvalue weighted by molar-refractivity contribution is 5.93. The Hall–Kier alpha value is -2.10. The molecule has 0 bridgehead atoms. The summed E-state index contributed by atoms with van der Waals surface area (Å²) in [7, 11) is 2.04. The molecule has 2 aromatic heterocycles. The van der Waals surface area contributed by atoms with E-state index < -0.39 is 0 Å². The minimum Gasteiger partial charge on any atom is -0.351 e. The Morgan fingerprint density at radius 3 is 3.00 bits per heavy atom. The maximum atomic E-state index is 5.40. The monoisotopic (exact) mass is 239 g/mol.